The van der Waals surface area contributed by atoms with Crippen LogP contribution >= 0.6 is 11.8 Å². The van der Waals surface area contributed by atoms with E-state index in [4.69, 9.17) is 16.6 Å². The van der Waals surface area contributed by atoms with Crippen molar-refractivity contribution in [2.75, 3.05) is 25.1 Å². The first kappa shape index (κ1) is 46.1. The summed E-state index contributed by atoms with van der Waals surface area (Å²) in [6.07, 6.45) is -1.20. The SMILES string of the molecule is CSCCC(NC(=O)C1CCCN1C(=O)C(NC(=O)C(N)CC(=O)O)C(C)O)C(=O)N1CCCC1C(=O)NC(CCC(=O)O)C(=O)NC(CC(N)=O)C(=O)O. The smallest absolute Gasteiger partial charge is 0.326 e. The number of rotatable bonds is 22. The minimum absolute atomic E-state index is 0.0569. The van der Waals surface area contributed by atoms with E-state index in [2.05, 4.69) is 21.3 Å². The summed E-state index contributed by atoms with van der Waals surface area (Å²) in [5.41, 5.74) is 10.7. The Hall–Kier alpha value is -5.03. The van der Waals surface area contributed by atoms with Gasteiger partial charge < -0.3 is 63.0 Å². The topological polar surface area (TPSA) is 358 Å². The van der Waals surface area contributed by atoms with Gasteiger partial charge in [0.25, 0.3) is 0 Å². The number of carboxylic acids is 3. The summed E-state index contributed by atoms with van der Waals surface area (Å²) in [6.45, 7) is 1.34. The lowest BCUT2D eigenvalue weighted by Crippen LogP contribution is -2.60. The van der Waals surface area contributed by atoms with E-state index in [1.807, 2.05) is 0 Å². The predicted molar refractivity (Wildman–Crippen MR) is 190 cm³/mol. The molecule has 0 spiro atoms. The number of aliphatic hydroxyl groups is 1. The fraction of sp³-hybridized carbons (Fsp3) is 0.688. The molecule has 0 aromatic heterocycles. The number of carbonyl (C=O) groups is 10. The van der Waals surface area contributed by atoms with Crippen LogP contribution in [-0.2, 0) is 47.9 Å². The largest absolute Gasteiger partial charge is 0.481 e. The molecule has 2 rings (SSSR count). The molecule has 2 heterocycles. The molecule has 2 aliphatic heterocycles. The maximum Gasteiger partial charge on any atom is 0.326 e. The van der Waals surface area contributed by atoms with Crippen molar-refractivity contribution in [3.8, 4) is 0 Å². The zero-order valence-electron chi connectivity index (χ0n) is 30.4. The lowest BCUT2D eigenvalue weighted by molar-refractivity contribution is -0.146. The van der Waals surface area contributed by atoms with Gasteiger partial charge in [0, 0.05) is 19.5 Å². The summed E-state index contributed by atoms with van der Waals surface area (Å²) < 4.78 is 0. The van der Waals surface area contributed by atoms with E-state index in [1.54, 1.807) is 6.26 Å². The number of nitrogens with two attached hydrogens (primary N) is 2. The number of aliphatic carboxylic acids is 3. The molecule has 23 heteroatoms. The molecule has 0 saturated carbocycles. The van der Waals surface area contributed by atoms with E-state index in [1.165, 1.54) is 23.6 Å². The zero-order chi connectivity index (χ0) is 41.6. The van der Waals surface area contributed by atoms with Gasteiger partial charge in [-0.1, -0.05) is 0 Å². The van der Waals surface area contributed by atoms with Gasteiger partial charge in [-0.3, -0.25) is 43.2 Å². The van der Waals surface area contributed by atoms with Gasteiger partial charge >= 0.3 is 17.9 Å². The van der Waals surface area contributed by atoms with Gasteiger partial charge in [0.05, 0.1) is 25.0 Å². The van der Waals surface area contributed by atoms with Gasteiger partial charge in [0.15, 0.2) is 0 Å². The Morgan fingerprint density at radius 2 is 1.27 bits per heavy atom. The third-order valence-corrected chi connectivity index (χ3v) is 9.62. The normalized spacial score (nSPS) is 19.9. The van der Waals surface area contributed by atoms with Crippen molar-refractivity contribution in [1.29, 1.82) is 0 Å². The number of carbonyl (C=O) groups excluding carboxylic acids is 7. The number of nitrogens with zero attached hydrogens (tertiary/aromatic N) is 2. The molecule has 308 valence electrons. The van der Waals surface area contributed by atoms with Crippen LogP contribution in [0.1, 0.15) is 64.7 Å². The fourth-order valence-corrected chi connectivity index (χ4v) is 6.63. The number of thioether (sulfide) groups is 1. The van der Waals surface area contributed by atoms with Crippen LogP contribution in [0.3, 0.4) is 0 Å². The summed E-state index contributed by atoms with van der Waals surface area (Å²) in [4.78, 5) is 128. The third-order valence-electron chi connectivity index (χ3n) is 8.98. The van der Waals surface area contributed by atoms with Crippen molar-refractivity contribution < 1.29 is 68.4 Å². The Balaban J connectivity index is 2.25. The first-order chi connectivity index (χ1) is 25.8. The molecule has 0 bridgehead atoms. The summed E-state index contributed by atoms with van der Waals surface area (Å²) in [5.74, 6) is -10.1. The minimum atomic E-state index is -1.76. The van der Waals surface area contributed by atoms with Crippen molar-refractivity contribution in [1.82, 2.24) is 31.1 Å². The molecule has 8 atom stereocenters. The first-order valence-electron chi connectivity index (χ1n) is 17.5. The van der Waals surface area contributed by atoms with E-state index in [0.29, 0.717) is 18.6 Å². The molecule has 22 nitrogen and oxygen atoms in total. The van der Waals surface area contributed by atoms with Crippen molar-refractivity contribution in [3.63, 3.8) is 0 Å². The number of amides is 7. The van der Waals surface area contributed by atoms with Gasteiger partial charge in [-0.15, -0.1) is 0 Å². The van der Waals surface area contributed by atoms with Gasteiger partial charge in [0.2, 0.25) is 41.4 Å². The molecule has 2 fully saturated rings. The summed E-state index contributed by atoms with van der Waals surface area (Å²) in [7, 11) is 0. The van der Waals surface area contributed by atoms with E-state index in [-0.39, 0.29) is 32.4 Å². The Morgan fingerprint density at radius 1 is 0.727 bits per heavy atom. The van der Waals surface area contributed by atoms with Crippen LogP contribution in [0.25, 0.3) is 0 Å². The standard InChI is InChI=1S/C32H50N8O14S/c1-15(41)25(38-26(47)16(33)13-24(45)46)31(52)40-11-4-6-21(40)29(50)36-18(9-12-55-2)30(51)39-10-3-5-20(39)28(49)35-17(7-8-23(43)44)27(48)37-19(32(53)54)14-22(34)42/h15-21,25,41H,3-14,33H2,1-2H3,(H2,34,42)(H,35,49)(H,36,50)(H,37,48)(H,38,47)(H,43,44)(H,45,46)(H,53,54). The van der Waals surface area contributed by atoms with Crippen LogP contribution < -0.4 is 32.7 Å². The summed E-state index contributed by atoms with van der Waals surface area (Å²) >= 11 is 1.37. The average molecular weight is 803 g/mol. The Bertz CT molecular complexity index is 1480. The molecule has 0 aromatic carbocycles. The molecular formula is C32H50N8O14S. The second kappa shape index (κ2) is 21.8. The van der Waals surface area contributed by atoms with Crippen molar-refractivity contribution in [3.05, 3.63) is 0 Å². The van der Waals surface area contributed by atoms with Crippen molar-refractivity contribution in [2.24, 2.45) is 11.5 Å². The molecule has 7 amide bonds. The highest BCUT2D eigenvalue weighted by atomic mass is 32.2. The van der Waals surface area contributed by atoms with E-state index >= 15 is 0 Å². The van der Waals surface area contributed by atoms with Gasteiger partial charge in [-0.05, 0) is 57.5 Å². The second-order valence-electron chi connectivity index (χ2n) is 13.2. The van der Waals surface area contributed by atoms with Crippen LogP contribution in [-0.4, -0.2) is 163 Å². The number of aliphatic hydroxyl groups excluding tert-OH is 1. The van der Waals surface area contributed by atoms with E-state index < -0.39 is 133 Å². The Morgan fingerprint density at radius 3 is 1.75 bits per heavy atom. The number of hydrogen-bond acceptors (Lipinski definition) is 13. The molecule has 12 N–H and O–H groups in total. The maximum absolute atomic E-state index is 14.0. The van der Waals surface area contributed by atoms with Crippen LogP contribution in [0.5, 0.6) is 0 Å². The average Bonchev–Trinajstić information content (AvgIpc) is 3.80. The molecular weight excluding hydrogens is 752 g/mol. The maximum atomic E-state index is 14.0. The molecule has 0 aromatic rings. The number of carboxylic acid groups (broad SMARTS) is 3. The Labute approximate surface area is 319 Å². The highest BCUT2D eigenvalue weighted by Crippen LogP contribution is 2.23. The summed E-state index contributed by atoms with van der Waals surface area (Å²) in [6, 6.07) is -9.91. The molecule has 8 unspecified atom stereocenters. The van der Waals surface area contributed by atoms with Gasteiger partial charge in [-0.2, -0.15) is 11.8 Å². The van der Waals surface area contributed by atoms with E-state index in [0.717, 1.165) is 4.90 Å². The third kappa shape index (κ3) is 14.0. The van der Waals surface area contributed by atoms with E-state index in [9.17, 15) is 63.3 Å². The number of hydrogen-bond donors (Lipinski definition) is 10. The van der Waals surface area contributed by atoms with Crippen LogP contribution in [0.4, 0.5) is 0 Å². The predicted octanol–water partition coefficient (Wildman–Crippen LogP) is -4.33. The zero-order valence-corrected chi connectivity index (χ0v) is 31.2. The molecule has 2 saturated heterocycles. The molecule has 55 heavy (non-hydrogen) atoms. The quantitative estimate of drug-likeness (QED) is 0.0495. The van der Waals surface area contributed by atoms with Crippen molar-refractivity contribution >= 4 is 71.0 Å². The summed E-state index contributed by atoms with van der Waals surface area (Å²) in [5, 5.41) is 47.2. The van der Waals surface area contributed by atoms with Crippen molar-refractivity contribution in [2.45, 2.75) is 113 Å². The van der Waals surface area contributed by atoms with Crippen LogP contribution in [0.2, 0.25) is 0 Å². The Kier molecular flexibility index (Phi) is 18.2. The highest BCUT2D eigenvalue weighted by Gasteiger charge is 2.43. The number of likely N-dealkylation sites (tertiary alicyclic amines) is 2. The van der Waals surface area contributed by atoms with Gasteiger partial charge in [-0.25, -0.2) is 4.79 Å². The molecule has 0 aliphatic carbocycles. The first-order valence-corrected chi connectivity index (χ1v) is 18.9. The van der Waals surface area contributed by atoms with Crippen LogP contribution in [0, 0.1) is 0 Å². The van der Waals surface area contributed by atoms with Crippen LogP contribution in [0.15, 0.2) is 0 Å². The second-order valence-corrected chi connectivity index (χ2v) is 14.2. The molecule has 2 aliphatic rings. The fourth-order valence-electron chi connectivity index (χ4n) is 6.15. The number of nitrogens with one attached hydrogen (secondary N) is 4. The lowest BCUT2D eigenvalue weighted by atomic mass is 10.1. The van der Waals surface area contributed by atoms with Gasteiger partial charge in [0.1, 0.15) is 36.3 Å². The highest BCUT2D eigenvalue weighted by molar-refractivity contribution is 7.98. The lowest BCUT2D eigenvalue weighted by Gasteiger charge is -2.32. The number of primary amides is 1. The monoisotopic (exact) mass is 802 g/mol. The minimum Gasteiger partial charge on any atom is -0.481 e. The molecule has 0 radical (unpaired) electrons.